The number of aliphatic carboxylic acids is 1. The Bertz CT molecular complexity index is 378. The Hall–Kier alpha value is -0.610. The summed E-state index contributed by atoms with van der Waals surface area (Å²) in [5, 5.41) is 13.0. The van der Waals surface area contributed by atoms with E-state index < -0.39 is 11.5 Å². The van der Waals surface area contributed by atoms with Crippen LogP contribution >= 0.6 is 0 Å². The maximum absolute atomic E-state index is 11.7. The second-order valence-electron chi connectivity index (χ2n) is 7.59. The summed E-state index contributed by atoms with van der Waals surface area (Å²) in [5.41, 5.74) is -0.239. The Morgan fingerprint density at radius 1 is 1.26 bits per heavy atom. The summed E-state index contributed by atoms with van der Waals surface area (Å²) in [6.07, 6.45) is 6.14. The molecule has 0 amide bonds. The number of carbonyl (C=O) groups is 1. The van der Waals surface area contributed by atoms with Crippen LogP contribution in [0, 0.1) is 5.41 Å². The van der Waals surface area contributed by atoms with Gasteiger partial charge in [-0.15, -0.1) is 0 Å². The maximum atomic E-state index is 11.7. The molecule has 2 unspecified atom stereocenters. The molecule has 1 saturated heterocycles. The Morgan fingerprint density at radius 3 is 2.53 bits per heavy atom. The van der Waals surface area contributed by atoms with Crippen LogP contribution in [0.1, 0.15) is 52.4 Å². The molecule has 2 saturated carbocycles. The molecule has 2 atom stereocenters. The van der Waals surface area contributed by atoms with E-state index in [-0.39, 0.29) is 0 Å². The molecule has 0 bridgehead atoms. The topological polar surface area (TPSA) is 52.6 Å². The average molecular weight is 266 g/mol. The number of hydrogen-bond acceptors (Lipinski definition) is 3. The lowest BCUT2D eigenvalue weighted by Crippen LogP contribution is -2.52. The van der Waals surface area contributed by atoms with E-state index in [1.165, 1.54) is 6.42 Å². The lowest BCUT2D eigenvalue weighted by Gasteiger charge is -2.29. The van der Waals surface area contributed by atoms with Crippen molar-refractivity contribution in [2.24, 2.45) is 5.41 Å². The minimum Gasteiger partial charge on any atom is -0.480 e. The molecule has 2 aliphatic carbocycles. The first-order valence-electron chi connectivity index (χ1n) is 7.65. The number of nitrogens with one attached hydrogen (secondary N) is 1. The second-order valence-corrected chi connectivity index (χ2v) is 7.59. The van der Waals surface area contributed by atoms with Crippen LogP contribution in [0.3, 0.4) is 0 Å². The lowest BCUT2D eigenvalue weighted by molar-refractivity contribution is -0.145. The zero-order chi connectivity index (χ0) is 13.7. The van der Waals surface area contributed by atoms with Gasteiger partial charge in [0.25, 0.3) is 0 Å². The predicted octanol–water partition coefficient (Wildman–Crippen LogP) is 1.85. The summed E-state index contributed by atoms with van der Waals surface area (Å²) in [7, 11) is 0. The smallest absolute Gasteiger partial charge is 0.323 e. The van der Waals surface area contributed by atoms with Crippen molar-refractivity contribution in [2.75, 3.05) is 13.1 Å². The van der Waals surface area contributed by atoms with Crippen molar-refractivity contribution in [3.05, 3.63) is 0 Å². The molecule has 0 radical (unpaired) electrons. The van der Waals surface area contributed by atoms with Gasteiger partial charge in [0.05, 0.1) is 0 Å². The first kappa shape index (κ1) is 13.4. The number of nitrogens with zero attached hydrogens (tertiary/aromatic N) is 1. The van der Waals surface area contributed by atoms with Gasteiger partial charge < -0.3 is 5.11 Å². The van der Waals surface area contributed by atoms with Gasteiger partial charge in [0.1, 0.15) is 5.54 Å². The van der Waals surface area contributed by atoms with E-state index in [0.29, 0.717) is 17.5 Å². The number of carboxylic acids is 1. The van der Waals surface area contributed by atoms with Gasteiger partial charge in [-0.2, -0.15) is 0 Å². The second kappa shape index (κ2) is 4.45. The fourth-order valence-corrected chi connectivity index (χ4v) is 3.80. The fourth-order valence-electron chi connectivity index (χ4n) is 3.80. The van der Waals surface area contributed by atoms with Gasteiger partial charge in [0, 0.05) is 18.6 Å². The summed E-state index contributed by atoms with van der Waals surface area (Å²) in [5.74, 6) is -0.639. The highest BCUT2D eigenvalue weighted by Gasteiger charge is 2.50. The summed E-state index contributed by atoms with van der Waals surface area (Å²) >= 11 is 0. The Morgan fingerprint density at radius 2 is 2.00 bits per heavy atom. The maximum Gasteiger partial charge on any atom is 0.323 e. The molecule has 3 rings (SSSR count). The lowest BCUT2D eigenvalue weighted by atomic mass is 9.93. The first-order valence-corrected chi connectivity index (χ1v) is 7.65. The van der Waals surface area contributed by atoms with Crippen LogP contribution in [0.5, 0.6) is 0 Å². The molecule has 3 aliphatic rings. The summed E-state index contributed by atoms with van der Waals surface area (Å²) in [4.78, 5) is 14.2. The van der Waals surface area contributed by atoms with Crippen LogP contribution in [-0.4, -0.2) is 46.7 Å². The van der Waals surface area contributed by atoms with Gasteiger partial charge in [-0.3, -0.25) is 15.0 Å². The fraction of sp³-hybridized carbons (Fsp3) is 0.933. The van der Waals surface area contributed by atoms with Crippen LogP contribution in [-0.2, 0) is 4.79 Å². The quantitative estimate of drug-likeness (QED) is 0.815. The largest absolute Gasteiger partial charge is 0.480 e. The van der Waals surface area contributed by atoms with Gasteiger partial charge in [-0.1, -0.05) is 13.8 Å². The minimum absolute atomic E-state index is 0.401. The van der Waals surface area contributed by atoms with Gasteiger partial charge >= 0.3 is 5.97 Å². The van der Waals surface area contributed by atoms with Gasteiger partial charge in [-0.05, 0) is 50.5 Å². The molecule has 108 valence electrons. The highest BCUT2D eigenvalue weighted by atomic mass is 16.4. The van der Waals surface area contributed by atoms with Crippen LogP contribution < -0.4 is 5.32 Å². The molecule has 2 N–H and O–H groups in total. The third-order valence-corrected chi connectivity index (χ3v) is 5.18. The standard InChI is InChI=1S/C15H26N2O2/c1-14(2)7-8-17(10-14)12-5-6-15(9-12,13(18)19)16-11-3-4-11/h11-12,16H,3-10H2,1-2H3,(H,18,19). The molecular formula is C15H26N2O2. The predicted molar refractivity (Wildman–Crippen MR) is 74.1 cm³/mol. The third-order valence-electron chi connectivity index (χ3n) is 5.18. The van der Waals surface area contributed by atoms with Crippen molar-refractivity contribution >= 4 is 5.97 Å². The first-order chi connectivity index (χ1) is 8.90. The SMILES string of the molecule is CC1(C)CCN(C2CCC(NC3CC3)(C(=O)O)C2)C1. The summed E-state index contributed by atoms with van der Waals surface area (Å²) in [6, 6.07) is 0.925. The van der Waals surface area contributed by atoms with Crippen molar-refractivity contribution in [1.82, 2.24) is 10.2 Å². The van der Waals surface area contributed by atoms with E-state index in [4.69, 9.17) is 0 Å². The van der Waals surface area contributed by atoms with Crippen molar-refractivity contribution in [3.8, 4) is 0 Å². The molecule has 3 fully saturated rings. The van der Waals surface area contributed by atoms with E-state index >= 15 is 0 Å². The highest BCUT2D eigenvalue weighted by molar-refractivity contribution is 5.79. The molecule has 1 heterocycles. The molecule has 0 aromatic carbocycles. The molecule has 4 heteroatoms. The summed E-state index contributed by atoms with van der Waals surface area (Å²) < 4.78 is 0. The number of rotatable bonds is 4. The van der Waals surface area contributed by atoms with E-state index in [1.54, 1.807) is 0 Å². The molecule has 0 aromatic rings. The van der Waals surface area contributed by atoms with Crippen molar-refractivity contribution in [2.45, 2.75) is 70.0 Å². The average Bonchev–Trinajstić information content (AvgIpc) is 2.88. The number of carboxylic acid groups (broad SMARTS) is 1. The Balaban J connectivity index is 1.66. The normalized spacial score (nSPS) is 38.7. The zero-order valence-corrected chi connectivity index (χ0v) is 12.1. The van der Waals surface area contributed by atoms with E-state index in [0.717, 1.165) is 45.2 Å². The highest BCUT2D eigenvalue weighted by Crippen LogP contribution is 2.40. The van der Waals surface area contributed by atoms with E-state index in [9.17, 15) is 9.90 Å². The minimum atomic E-state index is -0.640. The number of likely N-dealkylation sites (tertiary alicyclic amines) is 1. The molecule has 0 aromatic heterocycles. The van der Waals surface area contributed by atoms with Crippen LogP contribution in [0.25, 0.3) is 0 Å². The van der Waals surface area contributed by atoms with Crippen molar-refractivity contribution < 1.29 is 9.90 Å². The van der Waals surface area contributed by atoms with Gasteiger partial charge in [0.2, 0.25) is 0 Å². The van der Waals surface area contributed by atoms with E-state index in [2.05, 4.69) is 24.1 Å². The Kier molecular flexibility index (Phi) is 3.13. The summed E-state index contributed by atoms with van der Waals surface area (Å²) in [6.45, 7) is 6.89. The van der Waals surface area contributed by atoms with Crippen LogP contribution in [0.2, 0.25) is 0 Å². The van der Waals surface area contributed by atoms with Crippen molar-refractivity contribution in [3.63, 3.8) is 0 Å². The molecular weight excluding hydrogens is 240 g/mol. The number of hydrogen-bond donors (Lipinski definition) is 2. The van der Waals surface area contributed by atoms with Crippen LogP contribution in [0.15, 0.2) is 0 Å². The van der Waals surface area contributed by atoms with Gasteiger partial charge in [-0.25, -0.2) is 0 Å². The monoisotopic (exact) mass is 266 g/mol. The van der Waals surface area contributed by atoms with Crippen molar-refractivity contribution in [1.29, 1.82) is 0 Å². The molecule has 1 aliphatic heterocycles. The molecule has 0 spiro atoms. The zero-order valence-electron chi connectivity index (χ0n) is 12.1. The Labute approximate surface area is 115 Å². The van der Waals surface area contributed by atoms with Crippen LogP contribution in [0.4, 0.5) is 0 Å². The molecule has 4 nitrogen and oxygen atoms in total. The van der Waals surface area contributed by atoms with Gasteiger partial charge in [0.15, 0.2) is 0 Å². The third kappa shape index (κ3) is 2.65. The molecule has 19 heavy (non-hydrogen) atoms. The van der Waals surface area contributed by atoms with E-state index in [1.807, 2.05) is 0 Å².